The molecule has 0 aliphatic rings. The highest BCUT2D eigenvalue weighted by atomic mass is 16.5. The van der Waals surface area contributed by atoms with Gasteiger partial charge in [0.15, 0.2) is 0 Å². The number of fused-ring (bicyclic) bond motifs is 3. The van der Waals surface area contributed by atoms with Crippen LogP contribution in [0.1, 0.15) is 11.3 Å². The van der Waals surface area contributed by atoms with Gasteiger partial charge >= 0.3 is 0 Å². The van der Waals surface area contributed by atoms with E-state index in [4.69, 9.17) is 10.5 Å². The van der Waals surface area contributed by atoms with Gasteiger partial charge in [-0.25, -0.2) is 4.98 Å². The fourth-order valence-electron chi connectivity index (χ4n) is 2.35. The molecule has 4 heteroatoms. The van der Waals surface area contributed by atoms with Crippen molar-refractivity contribution in [2.75, 3.05) is 7.11 Å². The zero-order valence-corrected chi connectivity index (χ0v) is 10.5. The van der Waals surface area contributed by atoms with Crippen molar-refractivity contribution in [2.24, 2.45) is 5.73 Å². The SMILES string of the molecule is COc1ccc2c(c1)c(C)cc1ncc(CN)n12. The highest BCUT2D eigenvalue weighted by molar-refractivity contribution is 5.87. The molecule has 0 fully saturated rings. The number of hydrogen-bond donors (Lipinski definition) is 1. The normalized spacial score (nSPS) is 11.3. The summed E-state index contributed by atoms with van der Waals surface area (Å²) in [6.45, 7) is 2.56. The third-order valence-corrected chi connectivity index (χ3v) is 3.29. The van der Waals surface area contributed by atoms with Crippen LogP contribution in [0.25, 0.3) is 16.6 Å². The number of imidazole rings is 1. The Hall–Kier alpha value is -2.07. The van der Waals surface area contributed by atoms with Crippen molar-refractivity contribution in [1.29, 1.82) is 0 Å². The maximum absolute atomic E-state index is 5.76. The molecule has 3 rings (SSSR count). The first-order valence-electron chi connectivity index (χ1n) is 5.88. The molecule has 1 aromatic carbocycles. The number of aryl methyl sites for hydroxylation is 1. The van der Waals surface area contributed by atoms with Crippen LogP contribution in [-0.4, -0.2) is 16.5 Å². The number of nitrogens with zero attached hydrogens (tertiary/aromatic N) is 2. The molecule has 3 aromatic rings. The van der Waals surface area contributed by atoms with Gasteiger partial charge in [0.25, 0.3) is 0 Å². The van der Waals surface area contributed by atoms with Crippen LogP contribution in [0.4, 0.5) is 0 Å². The van der Waals surface area contributed by atoms with Crippen LogP contribution >= 0.6 is 0 Å². The van der Waals surface area contributed by atoms with Gasteiger partial charge in [-0.05, 0) is 36.8 Å². The van der Waals surface area contributed by atoms with Crippen LogP contribution in [0.3, 0.4) is 0 Å². The van der Waals surface area contributed by atoms with Gasteiger partial charge in [0, 0.05) is 11.9 Å². The number of ether oxygens (including phenoxy) is 1. The smallest absolute Gasteiger partial charge is 0.137 e. The van der Waals surface area contributed by atoms with E-state index in [-0.39, 0.29) is 0 Å². The van der Waals surface area contributed by atoms with E-state index in [0.29, 0.717) is 6.54 Å². The third-order valence-electron chi connectivity index (χ3n) is 3.29. The molecule has 0 atom stereocenters. The number of benzene rings is 1. The van der Waals surface area contributed by atoms with E-state index >= 15 is 0 Å². The lowest BCUT2D eigenvalue weighted by atomic mass is 10.1. The molecule has 0 aliphatic heterocycles. The van der Waals surface area contributed by atoms with Crippen molar-refractivity contribution in [3.05, 3.63) is 41.7 Å². The number of aromatic nitrogens is 2. The summed E-state index contributed by atoms with van der Waals surface area (Å²) in [5, 5.41) is 1.16. The molecule has 4 nitrogen and oxygen atoms in total. The first-order valence-corrected chi connectivity index (χ1v) is 5.88. The van der Waals surface area contributed by atoms with Gasteiger partial charge in [0.05, 0.1) is 24.5 Å². The standard InChI is InChI=1S/C14H15N3O/c1-9-5-14-16-8-10(7-15)17(14)13-4-3-11(18-2)6-12(9)13/h3-6,8H,7,15H2,1-2H3. The van der Waals surface area contributed by atoms with Gasteiger partial charge in [0.1, 0.15) is 11.4 Å². The van der Waals surface area contributed by atoms with Gasteiger partial charge in [-0.1, -0.05) is 0 Å². The number of pyridine rings is 1. The van der Waals surface area contributed by atoms with Crippen molar-refractivity contribution in [3.8, 4) is 5.75 Å². The van der Waals surface area contributed by atoms with E-state index in [1.807, 2.05) is 18.3 Å². The fraction of sp³-hybridized carbons (Fsp3) is 0.214. The topological polar surface area (TPSA) is 52.5 Å². The lowest BCUT2D eigenvalue weighted by molar-refractivity contribution is 0.415. The molecule has 0 aliphatic carbocycles. The molecule has 0 spiro atoms. The molecule has 0 unspecified atom stereocenters. The molecule has 0 amide bonds. The largest absolute Gasteiger partial charge is 0.497 e. The van der Waals surface area contributed by atoms with Crippen molar-refractivity contribution in [1.82, 2.24) is 9.38 Å². The zero-order valence-electron chi connectivity index (χ0n) is 10.5. The Kier molecular flexibility index (Phi) is 2.45. The molecule has 0 radical (unpaired) electrons. The molecular weight excluding hydrogens is 226 g/mol. The first kappa shape index (κ1) is 11.0. The third kappa shape index (κ3) is 1.46. The van der Waals surface area contributed by atoms with E-state index in [9.17, 15) is 0 Å². The summed E-state index contributed by atoms with van der Waals surface area (Å²) in [5.74, 6) is 0.861. The van der Waals surface area contributed by atoms with E-state index in [1.54, 1.807) is 7.11 Å². The number of nitrogens with two attached hydrogens (primary N) is 1. The predicted octanol–water partition coefficient (Wildman–Crippen LogP) is 2.26. The van der Waals surface area contributed by atoms with Crippen LogP contribution in [0.5, 0.6) is 5.75 Å². The van der Waals surface area contributed by atoms with Crippen LogP contribution in [0.2, 0.25) is 0 Å². The number of methoxy groups -OCH3 is 1. The fourth-order valence-corrected chi connectivity index (χ4v) is 2.35. The molecule has 18 heavy (non-hydrogen) atoms. The molecule has 0 bridgehead atoms. The molecule has 2 heterocycles. The zero-order chi connectivity index (χ0) is 12.7. The van der Waals surface area contributed by atoms with E-state index in [0.717, 1.165) is 28.0 Å². The Morgan fingerprint density at radius 3 is 2.89 bits per heavy atom. The van der Waals surface area contributed by atoms with E-state index in [2.05, 4.69) is 28.4 Å². The Balaban J connectivity index is 2.48. The first-order chi connectivity index (χ1) is 8.74. The molecule has 0 saturated carbocycles. The van der Waals surface area contributed by atoms with Crippen LogP contribution in [0.15, 0.2) is 30.5 Å². The summed E-state index contributed by atoms with van der Waals surface area (Å²) in [6, 6.07) is 8.13. The molecule has 2 N–H and O–H groups in total. The van der Waals surface area contributed by atoms with Crippen molar-refractivity contribution in [2.45, 2.75) is 13.5 Å². The monoisotopic (exact) mass is 241 g/mol. The van der Waals surface area contributed by atoms with Gasteiger partial charge in [-0.15, -0.1) is 0 Å². The van der Waals surface area contributed by atoms with Crippen LogP contribution in [0, 0.1) is 6.92 Å². The summed E-state index contributed by atoms with van der Waals surface area (Å²) in [4.78, 5) is 4.39. The predicted molar refractivity (Wildman–Crippen MR) is 71.9 cm³/mol. The lowest BCUT2D eigenvalue weighted by Gasteiger charge is -2.09. The number of rotatable bonds is 2. The molecule has 2 aromatic heterocycles. The van der Waals surface area contributed by atoms with Crippen molar-refractivity contribution >= 4 is 16.6 Å². The summed E-state index contributed by atoms with van der Waals surface area (Å²) in [6.07, 6.45) is 1.83. The minimum atomic E-state index is 0.478. The summed E-state index contributed by atoms with van der Waals surface area (Å²) >= 11 is 0. The van der Waals surface area contributed by atoms with Gasteiger partial charge in [-0.2, -0.15) is 0 Å². The van der Waals surface area contributed by atoms with Crippen LogP contribution in [-0.2, 0) is 6.54 Å². The van der Waals surface area contributed by atoms with Crippen molar-refractivity contribution in [3.63, 3.8) is 0 Å². The van der Waals surface area contributed by atoms with Gasteiger partial charge in [0.2, 0.25) is 0 Å². The summed E-state index contributed by atoms with van der Waals surface area (Å²) in [7, 11) is 1.68. The summed E-state index contributed by atoms with van der Waals surface area (Å²) < 4.78 is 7.38. The van der Waals surface area contributed by atoms with Crippen molar-refractivity contribution < 1.29 is 4.74 Å². The maximum Gasteiger partial charge on any atom is 0.137 e. The Morgan fingerprint density at radius 2 is 2.17 bits per heavy atom. The Labute approximate surface area is 105 Å². The maximum atomic E-state index is 5.76. The van der Waals surface area contributed by atoms with E-state index in [1.165, 1.54) is 5.56 Å². The average molecular weight is 241 g/mol. The minimum Gasteiger partial charge on any atom is -0.497 e. The second-order valence-corrected chi connectivity index (χ2v) is 4.36. The second kappa shape index (κ2) is 3.99. The summed E-state index contributed by atoms with van der Waals surface area (Å²) in [5.41, 5.74) is 10.0. The lowest BCUT2D eigenvalue weighted by Crippen LogP contribution is -2.02. The molecule has 0 saturated heterocycles. The van der Waals surface area contributed by atoms with Gasteiger partial charge < -0.3 is 10.5 Å². The minimum absolute atomic E-state index is 0.478. The Morgan fingerprint density at radius 1 is 1.33 bits per heavy atom. The Bertz CT molecular complexity index is 731. The second-order valence-electron chi connectivity index (χ2n) is 4.36. The average Bonchev–Trinajstić information content (AvgIpc) is 2.81. The highest BCUT2D eigenvalue weighted by Gasteiger charge is 2.09. The van der Waals surface area contributed by atoms with E-state index < -0.39 is 0 Å². The quantitative estimate of drug-likeness (QED) is 0.748. The number of hydrogen-bond acceptors (Lipinski definition) is 3. The van der Waals surface area contributed by atoms with Crippen LogP contribution < -0.4 is 10.5 Å². The molecular formula is C14H15N3O. The highest BCUT2D eigenvalue weighted by Crippen LogP contribution is 2.26. The molecule has 92 valence electrons. The van der Waals surface area contributed by atoms with Gasteiger partial charge in [-0.3, -0.25) is 4.40 Å².